The molecular formula is C128H106N6. The van der Waals surface area contributed by atoms with E-state index >= 15 is 0 Å². The van der Waals surface area contributed by atoms with Crippen molar-refractivity contribution in [3.05, 3.63) is 447 Å². The molecule has 0 amide bonds. The van der Waals surface area contributed by atoms with Crippen LogP contribution in [-0.2, 0) is 21.7 Å². The third kappa shape index (κ3) is 14.7. The van der Waals surface area contributed by atoms with Gasteiger partial charge in [-0.2, -0.15) is 0 Å². The second-order valence-electron chi connectivity index (χ2n) is 40.7. The number of rotatable bonds is 14. The summed E-state index contributed by atoms with van der Waals surface area (Å²) in [6, 6.07) is 158. The lowest BCUT2D eigenvalue weighted by Gasteiger charge is -2.28. The number of nitrogens with zero attached hydrogens (tertiary/aromatic N) is 6. The van der Waals surface area contributed by atoms with Crippen LogP contribution >= 0.6 is 0 Å². The van der Waals surface area contributed by atoms with Gasteiger partial charge in [0, 0.05) is 111 Å². The Kier molecular flexibility index (Phi) is 19.8. The lowest BCUT2D eigenvalue weighted by Crippen LogP contribution is -2.14. The Morgan fingerprint density at radius 1 is 0.149 bits per heavy atom. The SMILES string of the molecule is CC(C)(C)c1ccc(N(c2ccc(C(C)(C)C)cc2)c2ccc3cc4c5cc(-c6ccccc6)cc6c7cc8ccc(N(c9ccc(C(C)(C)C)cc9)c9ccc(C(C)(C)C)cc9)cc8cc7n(c4cc3c2)c56)cc1.c1ccc(-c2cc3c4cc5ccc(N(c6ccccc6)c6ccccc6)cc5cc4n4c5cc6cc(N(c7ccccc7)c7ccccc7)ccc6cc5c(c2)c34)cc1. The molecule has 0 aliphatic heterocycles. The van der Waals surface area contributed by atoms with Gasteiger partial charge in [-0.1, -0.05) is 289 Å². The van der Waals surface area contributed by atoms with Crippen molar-refractivity contribution in [2.75, 3.05) is 19.6 Å². The van der Waals surface area contributed by atoms with Gasteiger partial charge in [0.2, 0.25) is 0 Å². The van der Waals surface area contributed by atoms with E-state index < -0.39 is 0 Å². The van der Waals surface area contributed by atoms with Crippen LogP contribution < -0.4 is 19.6 Å². The van der Waals surface area contributed by atoms with E-state index in [1.165, 1.54) is 164 Å². The van der Waals surface area contributed by atoms with Crippen LogP contribution in [0.3, 0.4) is 0 Å². The fourth-order valence-electron chi connectivity index (χ4n) is 20.7. The molecule has 0 radical (unpaired) electrons. The van der Waals surface area contributed by atoms with E-state index in [1.54, 1.807) is 0 Å². The first-order valence-corrected chi connectivity index (χ1v) is 47.2. The zero-order chi connectivity index (χ0) is 91.2. The Morgan fingerprint density at radius 2 is 0.336 bits per heavy atom. The first-order valence-electron chi connectivity index (χ1n) is 47.2. The van der Waals surface area contributed by atoms with Crippen LogP contribution in [0, 0.1) is 0 Å². The molecular weight excluding hydrogens is 1620 g/mol. The number of anilines is 12. The molecule has 0 unspecified atom stereocenters. The quantitative estimate of drug-likeness (QED) is 0.108. The molecule has 134 heavy (non-hydrogen) atoms. The predicted molar refractivity (Wildman–Crippen MR) is 577 cm³/mol. The summed E-state index contributed by atoms with van der Waals surface area (Å²) in [6.07, 6.45) is 0. The third-order valence-electron chi connectivity index (χ3n) is 27.8. The molecule has 6 heteroatoms. The van der Waals surface area contributed by atoms with Crippen molar-refractivity contribution in [1.29, 1.82) is 0 Å². The van der Waals surface area contributed by atoms with Gasteiger partial charge in [0.05, 0.1) is 33.1 Å². The molecule has 0 aliphatic rings. The van der Waals surface area contributed by atoms with Crippen molar-refractivity contribution < 1.29 is 0 Å². The highest BCUT2D eigenvalue weighted by molar-refractivity contribution is 6.29. The molecule has 648 valence electrons. The summed E-state index contributed by atoms with van der Waals surface area (Å²) in [6.45, 7) is 27.4. The molecule has 4 aromatic heterocycles. The van der Waals surface area contributed by atoms with E-state index in [1.807, 2.05) is 0 Å². The Balaban J connectivity index is 0.000000155. The van der Waals surface area contributed by atoms with E-state index in [4.69, 9.17) is 0 Å². The summed E-state index contributed by atoms with van der Waals surface area (Å²) >= 11 is 0. The lowest BCUT2D eigenvalue weighted by molar-refractivity contribution is 0.590. The number of hydrogen-bond acceptors (Lipinski definition) is 4. The monoisotopic (exact) mass is 1730 g/mol. The molecule has 0 atom stereocenters. The van der Waals surface area contributed by atoms with Crippen molar-refractivity contribution in [3.63, 3.8) is 0 Å². The minimum absolute atomic E-state index is 0.0568. The molecule has 20 aromatic carbocycles. The molecule has 6 nitrogen and oxygen atoms in total. The van der Waals surface area contributed by atoms with Gasteiger partial charge in [-0.3, -0.25) is 0 Å². The van der Waals surface area contributed by atoms with E-state index in [0.717, 1.165) is 68.2 Å². The molecule has 24 aromatic rings. The van der Waals surface area contributed by atoms with Gasteiger partial charge < -0.3 is 28.4 Å². The minimum Gasteiger partial charge on any atom is -0.310 e. The fourth-order valence-corrected chi connectivity index (χ4v) is 20.7. The van der Waals surface area contributed by atoms with Crippen molar-refractivity contribution in [2.45, 2.75) is 105 Å². The summed E-state index contributed by atoms with van der Waals surface area (Å²) < 4.78 is 5.09. The number of fused-ring (bicyclic) bond motifs is 16. The van der Waals surface area contributed by atoms with Crippen LogP contribution in [0.15, 0.2) is 425 Å². The van der Waals surface area contributed by atoms with Crippen molar-refractivity contribution in [2.24, 2.45) is 0 Å². The van der Waals surface area contributed by atoms with Crippen LogP contribution in [-0.4, -0.2) is 8.80 Å². The minimum atomic E-state index is 0.0568. The molecule has 4 heterocycles. The van der Waals surface area contributed by atoms with Gasteiger partial charge in [0.15, 0.2) is 0 Å². The first-order chi connectivity index (χ1) is 64.9. The topological polar surface area (TPSA) is 21.8 Å². The van der Waals surface area contributed by atoms with Crippen molar-refractivity contribution >= 4 is 188 Å². The van der Waals surface area contributed by atoms with E-state index in [9.17, 15) is 0 Å². The molecule has 0 saturated carbocycles. The highest BCUT2D eigenvalue weighted by Gasteiger charge is 2.28. The average Bonchev–Trinajstić information content (AvgIpc) is 1.53. The molecule has 24 rings (SSSR count). The van der Waals surface area contributed by atoms with Gasteiger partial charge >= 0.3 is 0 Å². The van der Waals surface area contributed by atoms with Crippen LogP contribution in [0.4, 0.5) is 68.2 Å². The molecule has 0 saturated heterocycles. The fraction of sp³-hybridized carbons (Fsp3) is 0.125. The number of benzene rings is 20. The highest BCUT2D eigenvalue weighted by Crippen LogP contribution is 2.51. The number of aromatic nitrogens is 2. The first kappa shape index (κ1) is 82.6. The van der Waals surface area contributed by atoms with E-state index in [0.29, 0.717) is 0 Å². The third-order valence-corrected chi connectivity index (χ3v) is 27.8. The Bertz CT molecular complexity index is 7930. The number of hydrogen-bond donors (Lipinski definition) is 0. The highest BCUT2D eigenvalue weighted by atomic mass is 15.2. The average molecular weight is 1730 g/mol. The molecule has 0 N–H and O–H groups in total. The summed E-state index contributed by atoms with van der Waals surface area (Å²) in [5, 5.41) is 19.9. The van der Waals surface area contributed by atoms with Gasteiger partial charge in [-0.25, -0.2) is 0 Å². The summed E-state index contributed by atoms with van der Waals surface area (Å²) in [5.41, 5.74) is 31.4. The van der Waals surface area contributed by atoms with Crippen LogP contribution in [0.2, 0.25) is 0 Å². The maximum absolute atomic E-state index is 2.56. The zero-order valence-electron chi connectivity index (χ0n) is 78.1. The second kappa shape index (κ2) is 32.1. The molecule has 0 aliphatic carbocycles. The summed E-state index contributed by atoms with van der Waals surface area (Å²) in [5.74, 6) is 0. The normalized spacial score (nSPS) is 12.3. The second-order valence-corrected chi connectivity index (χ2v) is 40.7. The van der Waals surface area contributed by atoms with Gasteiger partial charge in [-0.05, 0) is 328 Å². The molecule has 0 spiro atoms. The standard InChI is InChI=1S/C72H69N3.C56H37N3/c1-69(2,3)52-20-30-56(31-21-52)73(57-32-22-53(23-33-57)70(4,5)6)60-28-18-47-40-62-64-42-51(46-16-14-13-15-17-46)43-65-63-41-48-19-29-61(39-50(48)45-67(63)75(68(64)65)66(62)44-49(47)38-60)74(58-34-24-54(25-35-58)71(7,8)9)59-36-26-55(27-37-59)72(10,11)12;1-6-16-38(17-7-1)43-34-52-50-32-39-26-28-48(57(44-18-8-2-9-19-44)45-20-10-3-11-21-45)30-41(39)36-54(50)59-55-37-42-31-49(29-27-40(42)33-51(55)53(35-43)56(52)59)58(46-22-12-4-13-23-46)47-24-14-5-15-25-47/h13-45H,1-12H3;1-37H. The van der Waals surface area contributed by atoms with Crippen molar-refractivity contribution in [3.8, 4) is 22.3 Å². The molecule has 0 bridgehead atoms. The van der Waals surface area contributed by atoms with Gasteiger partial charge in [0.1, 0.15) is 0 Å². The van der Waals surface area contributed by atoms with Crippen LogP contribution in [0.25, 0.3) is 142 Å². The van der Waals surface area contributed by atoms with Gasteiger partial charge in [-0.15, -0.1) is 0 Å². The molecule has 0 fully saturated rings. The van der Waals surface area contributed by atoms with Gasteiger partial charge in [0.25, 0.3) is 0 Å². The predicted octanol–water partition coefficient (Wildman–Crippen LogP) is 36.7. The maximum atomic E-state index is 2.56. The van der Waals surface area contributed by atoms with Crippen LogP contribution in [0.5, 0.6) is 0 Å². The smallest absolute Gasteiger partial charge is 0.0620 e. The zero-order valence-corrected chi connectivity index (χ0v) is 78.1. The van der Waals surface area contributed by atoms with E-state index in [2.05, 4.69) is 536 Å². The lowest BCUT2D eigenvalue weighted by atomic mass is 9.86. The number of para-hydroxylation sites is 4. The Hall–Kier alpha value is -15.8. The van der Waals surface area contributed by atoms with Crippen molar-refractivity contribution in [1.82, 2.24) is 8.80 Å². The van der Waals surface area contributed by atoms with E-state index in [-0.39, 0.29) is 21.7 Å². The Morgan fingerprint density at radius 3 is 0.537 bits per heavy atom. The summed E-state index contributed by atoms with van der Waals surface area (Å²) in [7, 11) is 0. The summed E-state index contributed by atoms with van der Waals surface area (Å²) in [4.78, 5) is 9.52. The Labute approximate surface area is 784 Å². The van der Waals surface area contributed by atoms with Crippen LogP contribution in [0.1, 0.15) is 105 Å². The maximum Gasteiger partial charge on any atom is 0.0620 e. The largest absolute Gasteiger partial charge is 0.310 e.